The van der Waals surface area contributed by atoms with E-state index in [1.165, 1.54) is 24.3 Å². The molecule has 164 valence electrons. The SMILES string of the molecule is O=C1S/C(=C/c2ccc(-c3ccc(Cl)c(C(F)(F)F)c3)o2)C(=O)N1Cc1ccc(Cl)cc1. The Labute approximate surface area is 194 Å². The second-order valence-electron chi connectivity index (χ2n) is 6.79. The van der Waals surface area contributed by atoms with E-state index >= 15 is 0 Å². The number of hydrogen-bond acceptors (Lipinski definition) is 4. The molecule has 1 aromatic heterocycles. The van der Waals surface area contributed by atoms with Crippen LogP contribution in [0.5, 0.6) is 0 Å². The molecule has 0 bridgehead atoms. The molecule has 1 saturated heterocycles. The Morgan fingerprint density at radius 1 is 1.00 bits per heavy atom. The number of hydrogen-bond donors (Lipinski definition) is 0. The van der Waals surface area contributed by atoms with Crippen LogP contribution in [0.25, 0.3) is 17.4 Å². The van der Waals surface area contributed by atoms with Crippen LogP contribution < -0.4 is 0 Å². The van der Waals surface area contributed by atoms with Crippen molar-refractivity contribution >= 4 is 52.2 Å². The Morgan fingerprint density at radius 3 is 2.41 bits per heavy atom. The standard InChI is InChI=1S/C22H12Cl2F3NO3S/c23-14-4-1-12(2-5-14)11-28-20(29)19(32-21(28)30)10-15-6-8-18(31-15)13-3-7-17(24)16(9-13)22(25,26)27/h1-10H,11H2/b19-10+. The minimum Gasteiger partial charge on any atom is -0.457 e. The first-order valence-corrected chi connectivity index (χ1v) is 10.7. The van der Waals surface area contributed by atoms with E-state index in [2.05, 4.69) is 0 Å². The smallest absolute Gasteiger partial charge is 0.417 e. The molecule has 2 aromatic carbocycles. The third kappa shape index (κ3) is 4.72. The van der Waals surface area contributed by atoms with Gasteiger partial charge in [-0.2, -0.15) is 13.2 Å². The molecule has 1 aliphatic rings. The molecule has 3 aromatic rings. The fourth-order valence-corrected chi connectivity index (χ4v) is 4.19. The van der Waals surface area contributed by atoms with Gasteiger partial charge in [0.15, 0.2) is 0 Å². The minimum absolute atomic E-state index is 0.0908. The van der Waals surface area contributed by atoms with Crippen LogP contribution in [0.1, 0.15) is 16.9 Å². The second kappa shape index (κ2) is 8.69. The molecule has 0 aliphatic carbocycles. The third-order valence-electron chi connectivity index (χ3n) is 4.58. The number of imide groups is 1. The Balaban J connectivity index is 1.55. The molecule has 2 heterocycles. The molecule has 4 nitrogen and oxygen atoms in total. The van der Waals surface area contributed by atoms with E-state index in [4.69, 9.17) is 27.6 Å². The Bertz CT molecular complexity index is 1240. The van der Waals surface area contributed by atoms with Crippen molar-refractivity contribution in [3.05, 3.63) is 86.4 Å². The molecular weight excluding hydrogens is 486 g/mol. The summed E-state index contributed by atoms with van der Waals surface area (Å²) in [4.78, 5) is 26.2. The summed E-state index contributed by atoms with van der Waals surface area (Å²) in [5, 5.41) is -0.308. The van der Waals surface area contributed by atoms with E-state index in [1.54, 1.807) is 24.3 Å². The summed E-state index contributed by atoms with van der Waals surface area (Å²) in [6, 6.07) is 13.2. The number of amides is 2. The lowest BCUT2D eigenvalue weighted by atomic mass is 10.1. The van der Waals surface area contributed by atoms with Gasteiger partial charge in [0.2, 0.25) is 0 Å². The Kier molecular flexibility index (Phi) is 6.11. The van der Waals surface area contributed by atoms with Crippen LogP contribution in [0.15, 0.2) is 63.9 Å². The van der Waals surface area contributed by atoms with Crippen molar-refractivity contribution < 1.29 is 27.2 Å². The van der Waals surface area contributed by atoms with Crippen LogP contribution in [-0.2, 0) is 17.5 Å². The highest BCUT2D eigenvalue weighted by Gasteiger charge is 2.35. The molecule has 0 atom stereocenters. The number of benzene rings is 2. The molecule has 1 fully saturated rings. The molecule has 0 saturated carbocycles. The lowest BCUT2D eigenvalue weighted by molar-refractivity contribution is -0.137. The first-order chi connectivity index (χ1) is 15.1. The molecule has 0 unspecified atom stereocenters. The van der Waals surface area contributed by atoms with Crippen LogP contribution in [0.2, 0.25) is 10.0 Å². The second-order valence-corrected chi connectivity index (χ2v) is 8.63. The number of halogens is 5. The van der Waals surface area contributed by atoms with E-state index in [1.807, 2.05) is 0 Å². The van der Waals surface area contributed by atoms with E-state index in [0.29, 0.717) is 5.02 Å². The molecule has 32 heavy (non-hydrogen) atoms. The maximum Gasteiger partial charge on any atom is 0.417 e. The molecular formula is C22H12Cl2F3NO3S. The fraction of sp³-hybridized carbons (Fsp3) is 0.0909. The van der Waals surface area contributed by atoms with Crippen molar-refractivity contribution in [3.63, 3.8) is 0 Å². The first-order valence-electron chi connectivity index (χ1n) is 9.08. The number of thioether (sulfide) groups is 1. The molecule has 0 radical (unpaired) electrons. The number of alkyl halides is 3. The minimum atomic E-state index is -4.61. The number of furan rings is 1. The average molecular weight is 498 g/mol. The molecule has 0 N–H and O–H groups in total. The van der Waals surface area contributed by atoms with Crippen molar-refractivity contribution in [1.29, 1.82) is 0 Å². The predicted molar refractivity (Wildman–Crippen MR) is 117 cm³/mol. The van der Waals surface area contributed by atoms with Gasteiger partial charge >= 0.3 is 6.18 Å². The Morgan fingerprint density at radius 2 is 1.72 bits per heavy atom. The van der Waals surface area contributed by atoms with Crippen LogP contribution >= 0.6 is 35.0 Å². The number of carbonyl (C=O) groups excluding carboxylic acids is 2. The van der Waals surface area contributed by atoms with E-state index < -0.39 is 27.9 Å². The van der Waals surface area contributed by atoms with E-state index in [0.717, 1.165) is 34.4 Å². The molecule has 10 heteroatoms. The van der Waals surface area contributed by atoms with Gasteiger partial charge in [0.25, 0.3) is 11.1 Å². The van der Waals surface area contributed by atoms with E-state index in [-0.39, 0.29) is 28.5 Å². The van der Waals surface area contributed by atoms with Crippen LogP contribution in [0.4, 0.5) is 18.0 Å². The van der Waals surface area contributed by atoms with E-state index in [9.17, 15) is 22.8 Å². The highest BCUT2D eigenvalue weighted by Crippen LogP contribution is 2.38. The van der Waals surface area contributed by atoms with Crippen LogP contribution in [0.3, 0.4) is 0 Å². The van der Waals surface area contributed by atoms with Crippen LogP contribution in [0, 0.1) is 0 Å². The summed E-state index contributed by atoms with van der Waals surface area (Å²) in [5.74, 6) is -0.0990. The molecule has 2 amide bonds. The average Bonchev–Trinajstić information content (AvgIpc) is 3.29. The van der Waals surface area contributed by atoms with Crippen molar-refractivity contribution in [3.8, 4) is 11.3 Å². The predicted octanol–water partition coefficient (Wildman–Crippen LogP) is 7.51. The van der Waals surface area contributed by atoms with Gasteiger partial charge in [-0.05, 0) is 59.8 Å². The van der Waals surface area contributed by atoms with Gasteiger partial charge in [-0.25, -0.2) is 0 Å². The summed E-state index contributed by atoms with van der Waals surface area (Å²) >= 11 is 12.3. The molecule has 1 aliphatic heterocycles. The fourth-order valence-electron chi connectivity index (χ4n) is 3.02. The molecule has 4 rings (SSSR count). The normalized spacial score (nSPS) is 15.8. The number of carbonyl (C=O) groups is 2. The number of rotatable bonds is 4. The van der Waals surface area contributed by atoms with Crippen molar-refractivity contribution in [2.24, 2.45) is 0 Å². The number of nitrogens with zero attached hydrogens (tertiary/aromatic N) is 1. The summed E-state index contributed by atoms with van der Waals surface area (Å²) in [6.07, 6.45) is -3.22. The maximum atomic E-state index is 13.1. The third-order valence-corrected chi connectivity index (χ3v) is 6.07. The highest BCUT2D eigenvalue weighted by atomic mass is 35.5. The zero-order chi connectivity index (χ0) is 23.0. The zero-order valence-electron chi connectivity index (χ0n) is 16.0. The van der Waals surface area contributed by atoms with Gasteiger partial charge in [0.05, 0.1) is 22.0 Å². The maximum absolute atomic E-state index is 13.1. The Hall–Kier alpha value is -2.68. The monoisotopic (exact) mass is 497 g/mol. The largest absolute Gasteiger partial charge is 0.457 e. The summed E-state index contributed by atoms with van der Waals surface area (Å²) in [7, 11) is 0. The molecule has 0 spiro atoms. The first kappa shape index (κ1) is 22.5. The van der Waals surface area contributed by atoms with Gasteiger partial charge < -0.3 is 4.42 Å². The lowest BCUT2D eigenvalue weighted by Crippen LogP contribution is -2.27. The van der Waals surface area contributed by atoms with Crippen LogP contribution in [-0.4, -0.2) is 16.0 Å². The summed E-state index contributed by atoms with van der Waals surface area (Å²) in [5.41, 5.74) is -0.0587. The van der Waals surface area contributed by atoms with Gasteiger partial charge in [0.1, 0.15) is 11.5 Å². The van der Waals surface area contributed by atoms with Crippen molar-refractivity contribution in [2.45, 2.75) is 12.7 Å². The van der Waals surface area contributed by atoms with Gasteiger partial charge in [-0.1, -0.05) is 35.3 Å². The van der Waals surface area contributed by atoms with Crippen molar-refractivity contribution in [2.75, 3.05) is 0 Å². The topological polar surface area (TPSA) is 50.5 Å². The summed E-state index contributed by atoms with van der Waals surface area (Å²) in [6.45, 7) is 0.0908. The van der Waals surface area contributed by atoms with Gasteiger partial charge in [-0.15, -0.1) is 0 Å². The van der Waals surface area contributed by atoms with Gasteiger partial charge in [0, 0.05) is 16.7 Å². The quantitative estimate of drug-likeness (QED) is 0.350. The lowest BCUT2D eigenvalue weighted by Gasteiger charge is -2.12. The zero-order valence-corrected chi connectivity index (χ0v) is 18.3. The highest BCUT2D eigenvalue weighted by molar-refractivity contribution is 8.18. The van der Waals surface area contributed by atoms with Gasteiger partial charge in [-0.3, -0.25) is 14.5 Å². The summed E-state index contributed by atoms with van der Waals surface area (Å²) < 4.78 is 44.9. The van der Waals surface area contributed by atoms with Crippen molar-refractivity contribution in [1.82, 2.24) is 4.90 Å².